The molecule has 0 aliphatic heterocycles. The number of amides is 2. The van der Waals surface area contributed by atoms with Crippen LogP contribution in [0.1, 0.15) is 46.8 Å². The number of aromatic nitrogens is 1. The van der Waals surface area contributed by atoms with Crippen LogP contribution >= 0.6 is 0 Å². The normalized spacial score (nSPS) is 13.5. The molecule has 6 nitrogen and oxygen atoms in total. The van der Waals surface area contributed by atoms with Gasteiger partial charge in [-0.25, -0.2) is 0 Å². The van der Waals surface area contributed by atoms with E-state index < -0.39 is 0 Å². The molecule has 0 saturated heterocycles. The molecule has 2 aromatic heterocycles. The van der Waals surface area contributed by atoms with Gasteiger partial charge in [0.05, 0.1) is 5.56 Å². The summed E-state index contributed by atoms with van der Waals surface area (Å²) >= 11 is 0. The van der Waals surface area contributed by atoms with E-state index in [9.17, 15) is 9.59 Å². The summed E-state index contributed by atoms with van der Waals surface area (Å²) < 4.78 is 5.47. The fraction of sp³-hybridized carbons (Fsp3) is 0.450. The Labute approximate surface area is 153 Å². The summed E-state index contributed by atoms with van der Waals surface area (Å²) in [5, 5.41) is 2.90. The van der Waals surface area contributed by atoms with Crippen LogP contribution in [-0.2, 0) is 11.2 Å². The van der Waals surface area contributed by atoms with Crippen LogP contribution in [0.5, 0.6) is 0 Å². The molecule has 2 aromatic rings. The minimum absolute atomic E-state index is 0.0388. The number of pyridine rings is 1. The molecule has 0 aromatic carbocycles. The van der Waals surface area contributed by atoms with Crippen molar-refractivity contribution in [1.82, 2.24) is 15.2 Å². The van der Waals surface area contributed by atoms with E-state index in [0.717, 1.165) is 24.3 Å². The Morgan fingerprint density at radius 2 is 2.12 bits per heavy atom. The number of nitrogens with zero attached hydrogens (tertiary/aromatic N) is 2. The maximum Gasteiger partial charge on any atom is 0.257 e. The number of aryl methyl sites for hydroxylation is 2. The maximum atomic E-state index is 12.8. The van der Waals surface area contributed by atoms with Crippen LogP contribution in [0, 0.1) is 13.8 Å². The fourth-order valence-electron chi connectivity index (χ4n) is 3.02. The van der Waals surface area contributed by atoms with E-state index in [2.05, 4.69) is 10.3 Å². The minimum atomic E-state index is -0.0422. The second-order valence-corrected chi connectivity index (χ2v) is 6.73. The van der Waals surface area contributed by atoms with Gasteiger partial charge in [0.25, 0.3) is 5.91 Å². The number of nitrogens with one attached hydrogen (secondary N) is 1. The molecule has 0 spiro atoms. The predicted octanol–water partition coefficient (Wildman–Crippen LogP) is 2.65. The summed E-state index contributed by atoms with van der Waals surface area (Å²) in [5.74, 6) is 1.29. The zero-order valence-electron chi connectivity index (χ0n) is 15.3. The smallest absolute Gasteiger partial charge is 0.257 e. The third-order valence-electron chi connectivity index (χ3n) is 4.53. The van der Waals surface area contributed by atoms with Gasteiger partial charge in [0.1, 0.15) is 11.5 Å². The Balaban J connectivity index is 1.48. The summed E-state index contributed by atoms with van der Waals surface area (Å²) in [6.07, 6.45) is 4.76. The van der Waals surface area contributed by atoms with E-state index in [4.69, 9.17) is 4.42 Å². The van der Waals surface area contributed by atoms with Crippen molar-refractivity contribution in [2.45, 2.75) is 45.6 Å². The van der Waals surface area contributed by atoms with Gasteiger partial charge in [-0.2, -0.15) is 0 Å². The Morgan fingerprint density at radius 3 is 2.73 bits per heavy atom. The summed E-state index contributed by atoms with van der Waals surface area (Å²) in [4.78, 5) is 31.0. The van der Waals surface area contributed by atoms with E-state index in [0.29, 0.717) is 37.3 Å². The molecule has 1 aliphatic carbocycles. The van der Waals surface area contributed by atoms with Gasteiger partial charge in [0.2, 0.25) is 5.91 Å². The van der Waals surface area contributed by atoms with Crippen molar-refractivity contribution in [1.29, 1.82) is 0 Å². The number of carbonyl (C=O) groups excluding carboxylic acids is 2. The van der Waals surface area contributed by atoms with Gasteiger partial charge < -0.3 is 14.6 Å². The lowest BCUT2D eigenvalue weighted by molar-refractivity contribution is -0.121. The summed E-state index contributed by atoms with van der Waals surface area (Å²) in [6.45, 7) is 4.62. The summed E-state index contributed by atoms with van der Waals surface area (Å²) in [6, 6.07) is 7.77. The van der Waals surface area contributed by atoms with Gasteiger partial charge >= 0.3 is 0 Å². The van der Waals surface area contributed by atoms with Gasteiger partial charge in [-0.1, -0.05) is 6.07 Å². The molecule has 1 saturated carbocycles. The van der Waals surface area contributed by atoms with Crippen LogP contribution in [-0.4, -0.2) is 40.8 Å². The second-order valence-electron chi connectivity index (χ2n) is 6.73. The zero-order chi connectivity index (χ0) is 18.5. The largest absolute Gasteiger partial charge is 0.466 e. The molecule has 26 heavy (non-hydrogen) atoms. The average molecular weight is 355 g/mol. The highest BCUT2D eigenvalue weighted by Gasteiger charge is 2.34. The summed E-state index contributed by atoms with van der Waals surface area (Å²) in [7, 11) is 0. The van der Waals surface area contributed by atoms with Crippen LogP contribution < -0.4 is 5.32 Å². The Bertz CT molecular complexity index is 766. The van der Waals surface area contributed by atoms with Crippen LogP contribution in [0.4, 0.5) is 0 Å². The minimum Gasteiger partial charge on any atom is -0.466 e. The van der Waals surface area contributed by atoms with Gasteiger partial charge in [-0.15, -0.1) is 0 Å². The van der Waals surface area contributed by atoms with Crippen molar-refractivity contribution in [2.75, 3.05) is 13.1 Å². The van der Waals surface area contributed by atoms with E-state index in [1.165, 1.54) is 0 Å². The SMILES string of the molecule is Cc1cc(C(=O)N(CCC(=O)NCCc2ccccn2)C2CC2)c(C)o1. The Hall–Kier alpha value is -2.63. The molecule has 6 heteroatoms. The topological polar surface area (TPSA) is 75.4 Å². The third-order valence-corrected chi connectivity index (χ3v) is 4.53. The van der Waals surface area contributed by atoms with E-state index >= 15 is 0 Å². The van der Waals surface area contributed by atoms with Crippen LogP contribution in [0.15, 0.2) is 34.9 Å². The molecule has 0 radical (unpaired) electrons. The van der Waals surface area contributed by atoms with Crippen LogP contribution in [0.25, 0.3) is 0 Å². The molecular weight excluding hydrogens is 330 g/mol. The van der Waals surface area contributed by atoms with E-state index in [1.807, 2.05) is 30.0 Å². The first-order valence-corrected chi connectivity index (χ1v) is 9.09. The molecule has 2 heterocycles. The number of hydrogen-bond acceptors (Lipinski definition) is 4. The Morgan fingerprint density at radius 1 is 1.31 bits per heavy atom. The average Bonchev–Trinajstić information content (AvgIpc) is 3.40. The summed E-state index contributed by atoms with van der Waals surface area (Å²) in [5.41, 5.74) is 1.55. The number of carbonyl (C=O) groups is 2. The quantitative estimate of drug-likeness (QED) is 0.790. The first kappa shape index (κ1) is 18.2. The van der Waals surface area contributed by atoms with E-state index in [1.54, 1.807) is 19.2 Å². The van der Waals surface area contributed by atoms with Gasteiger partial charge in [-0.05, 0) is 44.9 Å². The predicted molar refractivity (Wildman–Crippen MR) is 97.8 cm³/mol. The first-order valence-electron chi connectivity index (χ1n) is 9.09. The molecule has 1 fully saturated rings. The molecule has 0 atom stereocenters. The van der Waals surface area contributed by atoms with Crippen molar-refractivity contribution < 1.29 is 14.0 Å². The van der Waals surface area contributed by atoms with Crippen LogP contribution in [0.3, 0.4) is 0 Å². The standard InChI is InChI=1S/C20H25N3O3/c1-14-13-18(15(2)26-14)20(25)23(17-6-7-17)12-9-19(24)22-11-8-16-5-3-4-10-21-16/h3-5,10,13,17H,6-9,11-12H2,1-2H3,(H,22,24). The molecule has 2 amide bonds. The number of hydrogen-bond donors (Lipinski definition) is 1. The third kappa shape index (κ3) is 4.71. The highest BCUT2D eigenvalue weighted by molar-refractivity contribution is 5.96. The number of rotatable bonds is 8. The van der Waals surface area contributed by atoms with Crippen molar-refractivity contribution in [3.8, 4) is 0 Å². The lowest BCUT2D eigenvalue weighted by Crippen LogP contribution is -2.37. The van der Waals surface area contributed by atoms with Crippen LogP contribution in [0.2, 0.25) is 0 Å². The van der Waals surface area contributed by atoms with Gasteiger partial charge in [0.15, 0.2) is 0 Å². The van der Waals surface area contributed by atoms with Crippen molar-refractivity contribution in [2.24, 2.45) is 0 Å². The Kier molecular flexibility index (Phi) is 5.71. The molecule has 0 unspecified atom stereocenters. The molecule has 3 rings (SSSR count). The highest BCUT2D eigenvalue weighted by atomic mass is 16.3. The number of furan rings is 1. The monoisotopic (exact) mass is 355 g/mol. The molecule has 138 valence electrons. The van der Waals surface area contributed by atoms with Gasteiger partial charge in [0, 0.05) is 43.9 Å². The lowest BCUT2D eigenvalue weighted by atomic mass is 10.2. The van der Waals surface area contributed by atoms with Crippen molar-refractivity contribution >= 4 is 11.8 Å². The second kappa shape index (κ2) is 8.17. The van der Waals surface area contributed by atoms with Gasteiger partial charge in [-0.3, -0.25) is 14.6 Å². The molecular formula is C20H25N3O3. The van der Waals surface area contributed by atoms with Crippen molar-refractivity contribution in [3.63, 3.8) is 0 Å². The maximum absolute atomic E-state index is 12.8. The van der Waals surface area contributed by atoms with Crippen molar-refractivity contribution in [3.05, 3.63) is 53.2 Å². The first-order chi connectivity index (χ1) is 12.5. The molecule has 1 N–H and O–H groups in total. The zero-order valence-corrected chi connectivity index (χ0v) is 15.3. The fourth-order valence-corrected chi connectivity index (χ4v) is 3.02. The lowest BCUT2D eigenvalue weighted by Gasteiger charge is -2.22. The molecule has 1 aliphatic rings. The molecule has 0 bridgehead atoms. The highest BCUT2D eigenvalue weighted by Crippen LogP contribution is 2.29. The van der Waals surface area contributed by atoms with E-state index in [-0.39, 0.29) is 17.9 Å².